The maximum atomic E-state index is 11.9. The number of aromatic nitrogens is 6. The van der Waals surface area contributed by atoms with Crippen molar-refractivity contribution in [1.29, 1.82) is 0 Å². The van der Waals surface area contributed by atoms with Crippen LogP contribution in [-0.4, -0.2) is 35.8 Å². The molecule has 0 bridgehead atoms. The van der Waals surface area contributed by atoms with Crippen molar-refractivity contribution < 1.29 is 9.32 Å². The molecule has 1 N–H and O–H groups in total. The van der Waals surface area contributed by atoms with Crippen molar-refractivity contribution in [3.8, 4) is 5.82 Å². The minimum absolute atomic E-state index is 0.184. The van der Waals surface area contributed by atoms with Crippen LogP contribution in [0.5, 0.6) is 0 Å². The monoisotopic (exact) mass is 271 g/mol. The molecule has 0 aliphatic rings. The largest absolute Gasteiger partial charge is 0.361 e. The van der Waals surface area contributed by atoms with Crippen molar-refractivity contribution >= 4 is 11.7 Å². The van der Waals surface area contributed by atoms with Crippen LogP contribution in [0.4, 0.5) is 5.82 Å². The zero-order chi connectivity index (χ0) is 13.9. The van der Waals surface area contributed by atoms with Crippen LogP contribution in [0.2, 0.25) is 0 Å². The van der Waals surface area contributed by atoms with Gasteiger partial charge in [-0.05, 0) is 6.92 Å². The summed E-state index contributed by atoms with van der Waals surface area (Å²) in [7, 11) is 0. The van der Waals surface area contributed by atoms with E-state index in [4.69, 9.17) is 4.52 Å². The molecule has 1 amide bonds. The summed E-state index contributed by atoms with van der Waals surface area (Å²) in [6.45, 7) is 1.71. The van der Waals surface area contributed by atoms with Gasteiger partial charge in [0.1, 0.15) is 30.6 Å². The van der Waals surface area contributed by atoms with Crippen LogP contribution in [0.25, 0.3) is 5.82 Å². The highest BCUT2D eigenvalue weighted by atomic mass is 16.5. The molecule has 0 aliphatic heterocycles. The fourth-order valence-electron chi connectivity index (χ4n) is 1.52. The molecule has 0 unspecified atom stereocenters. The Morgan fingerprint density at radius 1 is 1.30 bits per heavy atom. The number of carbonyl (C=O) groups excluding carboxylic acids is 1. The van der Waals surface area contributed by atoms with Crippen molar-refractivity contribution in [2.45, 2.75) is 6.92 Å². The van der Waals surface area contributed by atoms with E-state index in [0.29, 0.717) is 17.4 Å². The van der Waals surface area contributed by atoms with Gasteiger partial charge in [0.25, 0.3) is 5.91 Å². The maximum absolute atomic E-state index is 11.9. The quantitative estimate of drug-likeness (QED) is 0.742. The molecular weight excluding hydrogens is 262 g/mol. The van der Waals surface area contributed by atoms with E-state index < -0.39 is 5.91 Å². The Balaban J connectivity index is 1.81. The fourth-order valence-corrected chi connectivity index (χ4v) is 1.52. The van der Waals surface area contributed by atoms with E-state index >= 15 is 0 Å². The molecule has 0 saturated heterocycles. The van der Waals surface area contributed by atoms with Gasteiger partial charge in [0, 0.05) is 12.1 Å². The molecular formula is C11H9N7O2. The van der Waals surface area contributed by atoms with Gasteiger partial charge in [-0.25, -0.2) is 19.6 Å². The molecule has 9 nitrogen and oxygen atoms in total. The van der Waals surface area contributed by atoms with Gasteiger partial charge in [-0.1, -0.05) is 5.16 Å². The second-order valence-corrected chi connectivity index (χ2v) is 3.88. The number of amides is 1. The zero-order valence-electron chi connectivity index (χ0n) is 10.4. The molecule has 3 heterocycles. The summed E-state index contributed by atoms with van der Waals surface area (Å²) in [5.74, 6) is 0.964. The van der Waals surface area contributed by atoms with Gasteiger partial charge in [0.15, 0.2) is 11.5 Å². The van der Waals surface area contributed by atoms with Crippen LogP contribution in [0.3, 0.4) is 0 Å². The topological polar surface area (TPSA) is 112 Å². The summed E-state index contributed by atoms with van der Waals surface area (Å²) in [6, 6.07) is 3.11. The van der Waals surface area contributed by atoms with Crippen molar-refractivity contribution in [1.82, 2.24) is 29.9 Å². The lowest BCUT2D eigenvalue weighted by atomic mass is 10.3. The van der Waals surface area contributed by atoms with Crippen LogP contribution < -0.4 is 5.32 Å². The van der Waals surface area contributed by atoms with Gasteiger partial charge < -0.3 is 9.84 Å². The Morgan fingerprint density at radius 3 is 2.90 bits per heavy atom. The Morgan fingerprint density at radius 2 is 2.20 bits per heavy atom. The molecule has 0 saturated carbocycles. The molecule has 20 heavy (non-hydrogen) atoms. The Labute approximate surface area is 112 Å². The normalized spacial score (nSPS) is 10.4. The van der Waals surface area contributed by atoms with Gasteiger partial charge >= 0.3 is 0 Å². The summed E-state index contributed by atoms with van der Waals surface area (Å²) in [5, 5.41) is 10.2. The first kappa shape index (κ1) is 12.0. The Hall–Kier alpha value is -3.10. The van der Waals surface area contributed by atoms with Gasteiger partial charge in [-0.15, -0.1) is 0 Å². The zero-order valence-corrected chi connectivity index (χ0v) is 10.4. The second-order valence-electron chi connectivity index (χ2n) is 3.88. The summed E-state index contributed by atoms with van der Waals surface area (Å²) >= 11 is 0. The van der Waals surface area contributed by atoms with Crippen LogP contribution in [0, 0.1) is 6.92 Å². The smallest absolute Gasteiger partial charge is 0.279 e. The lowest BCUT2D eigenvalue weighted by Crippen LogP contribution is -2.14. The summed E-state index contributed by atoms with van der Waals surface area (Å²) < 4.78 is 6.30. The molecule has 100 valence electrons. The van der Waals surface area contributed by atoms with Crippen molar-refractivity contribution in [3.63, 3.8) is 0 Å². The van der Waals surface area contributed by atoms with Crippen LogP contribution in [0.15, 0.2) is 35.6 Å². The average Bonchev–Trinajstić information content (AvgIpc) is 3.10. The number of anilines is 1. The van der Waals surface area contributed by atoms with E-state index in [-0.39, 0.29) is 5.69 Å². The number of carbonyl (C=O) groups is 1. The Kier molecular flexibility index (Phi) is 2.92. The van der Waals surface area contributed by atoms with Gasteiger partial charge in [0.05, 0.1) is 0 Å². The van der Waals surface area contributed by atoms with E-state index in [9.17, 15) is 4.79 Å². The van der Waals surface area contributed by atoms with Crippen LogP contribution in [0.1, 0.15) is 16.2 Å². The molecule has 0 spiro atoms. The number of aryl methyl sites for hydroxylation is 1. The van der Waals surface area contributed by atoms with Crippen LogP contribution in [-0.2, 0) is 0 Å². The minimum atomic E-state index is -0.412. The van der Waals surface area contributed by atoms with E-state index in [1.165, 1.54) is 29.7 Å². The number of hydrogen-bond acceptors (Lipinski definition) is 7. The Bertz CT molecular complexity index is 735. The first-order valence-electron chi connectivity index (χ1n) is 5.64. The molecule has 3 rings (SSSR count). The molecule has 3 aromatic rings. The van der Waals surface area contributed by atoms with Crippen molar-refractivity contribution in [3.05, 3.63) is 42.6 Å². The molecule has 0 aromatic carbocycles. The number of nitrogens with zero attached hydrogens (tertiary/aromatic N) is 6. The third-order valence-electron chi connectivity index (χ3n) is 2.41. The van der Waals surface area contributed by atoms with E-state index in [1.54, 1.807) is 13.0 Å². The summed E-state index contributed by atoms with van der Waals surface area (Å²) in [4.78, 5) is 23.7. The number of nitrogens with one attached hydrogen (secondary N) is 1. The highest BCUT2D eigenvalue weighted by molar-refractivity contribution is 6.02. The van der Waals surface area contributed by atoms with E-state index in [0.717, 1.165) is 0 Å². The molecule has 0 radical (unpaired) electrons. The standard InChI is InChI=1S/C11H9N7O2/c1-7-2-8(17-20-7)11(19)16-9-3-10(14-5-13-9)18-6-12-4-15-18/h2-6H,1H3,(H,13,14,16,19). The molecule has 0 atom stereocenters. The van der Waals surface area contributed by atoms with E-state index in [1.807, 2.05) is 0 Å². The predicted octanol–water partition coefficient (Wildman–Crippen LogP) is 0.606. The molecule has 0 fully saturated rings. The molecule has 9 heteroatoms. The fraction of sp³-hybridized carbons (Fsp3) is 0.0909. The molecule has 3 aromatic heterocycles. The first-order chi connectivity index (χ1) is 9.72. The highest BCUT2D eigenvalue weighted by Crippen LogP contribution is 2.09. The van der Waals surface area contributed by atoms with E-state index in [2.05, 4.69) is 30.5 Å². The minimum Gasteiger partial charge on any atom is -0.361 e. The average molecular weight is 271 g/mol. The first-order valence-corrected chi connectivity index (χ1v) is 5.64. The van der Waals surface area contributed by atoms with Crippen molar-refractivity contribution in [2.24, 2.45) is 0 Å². The predicted molar refractivity (Wildman–Crippen MR) is 66.1 cm³/mol. The lowest BCUT2D eigenvalue weighted by Gasteiger charge is -2.03. The van der Waals surface area contributed by atoms with Crippen LogP contribution >= 0.6 is 0 Å². The van der Waals surface area contributed by atoms with Gasteiger partial charge in [-0.2, -0.15) is 5.10 Å². The molecule has 0 aliphatic carbocycles. The second kappa shape index (κ2) is 4.88. The number of rotatable bonds is 3. The third-order valence-corrected chi connectivity index (χ3v) is 2.41. The number of hydrogen-bond donors (Lipinski definition) is 1. The maximum Gasteiger partial charge on any atom is 0.279 e. The van der Waals surface area contributed by atoms with Gasteiger partial charge in [-0.3, -0.25) is 4.79 Å². The van der Waals surface area contributed by atoms with Crippen molar-refractivity contribution in [2.75, 3.05) is 5.32 Å². The SMILES string of the molecule is Cc1cc(C(=O)Nc2cc(-n3cncn3)ncn2)no1. The summed E-state index contributed by atoms with van der Waals surface area (Å²) in [5.41, 5.74) is 0.184. The third kappa shape index (κ3) is 2.36. The summed E-state index contributed by atoms with van der Waals surface area (Å²) in [6.07, 6.45) is 4.20. The highest BCUT2D eigenvalue weighted by Gasteiger charge is 2.12. The lowest BCUT2D eigenvalue weighted by molar-refractivity contribution is 0.101. The van der Waals surface area contributed by atoms with Gasteiger partial charge in [0.2, 0.25) is 0 Å².